The van der Waals surface area contributed by atoms with Crippen LogP contribution in [0.5, 0.6) is 0 Å². The maximum atomic E-state index is 12.5. The molecule has 29 heavy (non-hydrogen) atoms. The van der Waals surface area contributed by atoms with E-state index in [1.807, 2.05) is 13.8 Å². The van der Waals surface area contributed by atoms with E-state index in [2.05, 4.69) is 20.1 Å². The van der Waals surface area contributed by atoms with Crippen molar-refractivity contribution in [2.45, 2.75) is 38.9 Å². The Hall–Kier alpha value is -2.85. The zero-order valence-corrected chi connectivity index (χ0v) is 16.1. The van der Waals surface area contributed by atoms with Crippen molar-refractivity contribution in [2.24, 2.45) is 5.92 Å². The number of alkyl halides is 3. The highest BCUT2D eigenvalue weighted by atomic mass is 19.4. The summed E-state index contributed by atoms with van der Waals surface area (Å²) in [5.74, 6) is -0.568. The molecule has 3 heterocycles. The summed E-state index contributed by atoms with van der Waals surface area (Å²) in [6, 6.07) is 1.95. The third-order valence-electron chi connectivity index (χ3n) is 4.67. The number of hydrogen-bond donors (Lipinski definition) is 1. The molecule has 0 saturated carbocycles. The van der Waals surface area contributed by atoms with Crippen LogP contribution in [0.1, 0.15) is 32.7 Å². The maximum Gasteiger partial charge on any atom is 0.422 e. The fraction of sp³-hybridized carbons (Fsp3) is 0.556. The van der Waals surface area contributed by atoms with Gasteiger partial charge in [0.15, 0.2) is 12.3 Å². The van der Waals surface area contributed by atoms with Crippen molar-refractivity contribution < 1.29 is 27.5 Å². The number of aromatic nitrogens is 3. The Kier molecular flexibility index (Phi) is 5.94. The van der Waals surface area contributed by atoms with E-state index < -0.39 is 18.9 Å². The maximum absolute atomic E-state index is 12.5. The van der Waals surface area contributed by atoms with Crippen LogP contribution in [0.2, 0.25) is 0 Å². The summed E-state index contributed by atoms with van der Waals surface area (Å²) in [6.45, 7) is 2.69. The molecule has 3 rings (SSSR count). The number of carbonyl (C=O) groups is 2. The first-order valence-electron chi connectivity index (χ1n) is 9.26. The number of anilines is 1. The minimum Gasteiger partial charge on any atom is -0.440 e. The van der Waals surface area contributed by atoms with Crippen molar-refractivity contribution in [3.63, 3.8) is 0 Å². The number of hydrogen-bond acceptors (Lipinski definition) is 5. The van der Waals surface area contributed by atoms with E-state index in [9.17, 15) is 22.8 Å². The second kappa shape index (κ2) is 8.26. The molecule has 1 N–H and O–H groups in total. The van der Waals surface area contributed by atoms with Gasteiger partial charge in [-0.1, -0.05) is 0 Å². The lowest BCUT2D eigenvalue weighted by Gasteiger charge is -2.30. The van der Waals surface area contributed by atoms with Crippen LogP contribution in [0.25, 0.3) is 11.0 Å². The SMILES string of the molecule is CC(C)n1ncc2cc(NC(=O)C3CCN(C(=O)OCC(F)(F)F)CC3)cnc21. The lowest BCUT2D eigenvalue weighted by Crippen LogP contribution is -2.42. The average Bonchev–Trinajstić information content (AvgIpc) is 3.09. The van der Waals surface area contributed by atoms with Crippen LogP contribution in [0.15, 0.2) is 18.5 Å². The molecule has 11 heteroatoms. The smallest absolute Gasteiger partial charge is 0.422 e. The molecule has 1 saturated heterocycles. The van der Waals surface area contributed by atoms with Gasteiger partial charge in [-0.3, -0.25) is 4.79 Å². The molecule has 0 bridgehead atoms. The first-order valence-corrected chi connectivity index (χ1v) is 9.26. The van der Waals surface area contributed by atoms with Crippen molar-refractivity contribution in [3.8, 4) is 0 Å². The van der Waals surface area contributed by atoms with Crippen molar-refractivity contribution in [3.05, 3.63) is 18.5 Å². The number of fused-ring (bicyclic) bond motifs is 1. The number of nitrogens with zero attached hydrogens (tertiary/aromatic N) is 4. The highest BCUT2D eigenvalue weighted by molar-refractivity contribution is 5.94. The third kappa shape index (κ3) is 5.15. The number of amides is 2. The Morgan fingerprint density at radius 2 is 1.97 bits per heavy atom. The van der Waals surface area contributed by atoms with Crippen LogP contribution in [-0.2, 0) is 9.53 Å². The van der Waals surface area contributed by atoms with E-state index >= 15 is 0 Å². The van der Waals surface area contributed by atoms with Crippen molar-refractivity contribution in [1.82, 2.24) is 19.7 Å². The molecule has 1 fully saturated rings. The number of rotatable bonds is 4. The van der Waals surface area contributed by atoms with Crippen LogP contribution in [0.4, 0.5) is 23.7 Å². The summed E-state index contributed by atoms with van der Waals surface area (Å²) in [5, 5.41) is 7.90. The first kappa shape index (κ1) is 20.9. The average molecular weight is 413 g/mol. The Bertz CT molecular complexity index is 888. The van der Waals surface area contributed by atoms with Crippen LogP contribution < -0.4 is 5.32 Å². The standard InChI is InChI=1S/C18H22F3N5O3/c1-11(2)26-15-13(8-23-26)7-14(9-22-15)24-16(27)12-3-5-25(6-4-12)17(28)29-10-18(19,20)21/h7-9,11-12H,3-6,10H2,1-2H3,(H,24,27). The summed E-state index contributed by atoms with van der Waals surface area (Å²) < 4.78 is 42.4. The molecule has 0 aromatic carbocycles. The lowest BCUT2D eigenvalue weighted by atomic mass is 9.96. The van der Waals surface area contributed by atoms with Gasteiger partial charge < -0.3 is 15.0 Å². The molecule has 0 radical (unpaired) electrons. The molecule has 0 atom stereocenters. The number of halogens is 3. The predicted octanol–water partition coefficient (Wildman–Crippen LogP) is 3.36. The summed E-state index contributed by atoms with van der Waals surface area (Å²) >= 11 is 0. The molecule has 2 amide bonds. The van der Waals surface area contributed by atoms with Gasteiger partial charge in [0, 0.05) is 30.4 Å². The highest BCUT2D eigenvalue weighted by Gasteiger charge is 2.33. The fourth-order valence-electron chi connectivity index (χ4n) is 3.19. The molecular formula is C18H22F3N5O3. The predicted molar refractivity (Wildman–Crippen MR) is 98.2 cm³/mol. The minimum atomic E-state index is -4.56. The van der Waals surface area contributed by atoms with Gasteiger partial charge in [-0.25, -0.2) is 14.5 Å². The minimum absolute atomic E-state index is 0.160. The van der Waals surface area contributed by atoms with Gasteiger partial charge >= 0.3 is 12.3 Å². The molecule has 0 unspecified atom stereocenters. The summed E-state index contributed by atoms with van der Waals surface area (Å²) in [6.07, 6.45) is -1.65. The molecule has 1 aliphatic heterocycles. The van der Waals surface area contributed by atoms with Crippen LogP contribution >= 0.6 is 0 Å². The second-order valence-corrected chi connectivity index (χ2v) is 7.24. The van der Waals surface area contributed by atoms with Crippen molar-refractivity contribution in [2.75, 3.05) is 25.0 Å². The third-order valence-corrected chi connectivity index (χ3v) is 4.67. The summed E-state index contributed by atoms with van der Waals surface area (Å²) in [5.41, 5.74) is 1.27. The normalized spacial score (nSPS) is 15.7. The number of pyridine rings is 1. The largest absolute Gasteiger partial charge is 0.440 e. The Morgan fingerprint density at radius 3 is 2.59 bits per heavy atom. The van der Waals surface area contributed by atoms with Crippen molar-refractivity contribution in [1.29, 1.82) is 0 Å². The van der Waals surface area contributed by atoms with E-state index in [-0.39, 0.29) is 31.0 Å². The van der Waals surface area contributed by atoms with Gasteiger partial charge in [0.1, 0.15) is 0 Å². The quantitative estimate of drug-likeness (QED) is 0.830. The van der Waals surface area contributed by atoms with Gasteiger partial charge in [0.05, 0.1) is 18.1 Å². The first-order chi connectivity index (χ1) is 13.6. The van der Waals surface area contributed by atoms with Gasteiger partial charge in [-0.05, 0) is 32.8 Å². The number of nitrogens with one attached hydrogen (secondary N) is 1. The number of carbonyl (C=O) groups excluding carboxylic acids is 2. The summed E-state index contributed by atoms with van der Waals surface area (Å²) in [4.78, 5) is 29.7. The molecular weight excluding hydrogens is 391 g/mol. The topological polar surface area (TPSA) is 89.4 Å². The molecule has 158 valence electrons. The van der Waals surface area contributed by atoms with E-state index in [1.165, 1.54) is 4.90 Å². The molecule has 2 aromatic heterocycles. The van der Waals surface area contributed by atoms with Crippen LogP contribution in [-0.4, -0.2) is 57.5 Å². The van der Waals surface area contributed by atoms with Gasteiger partial charge in [0.2, 0.25) is 5.91 Å². The van der Waals surface area contributed by atoms with E-state index in [1.54, 1.807) is 23.1 Å². The number of piperidine rings is 1. The molecule has 1 aliphatic rings. The Balaban J connectivity index is 1.53. The highest BCUT2D eigenvalue weighted by Crippen LogP contribution is 2.23. The lowest BCUT2D eigenvalue weighted by molar-refractivity contribution is -0.162. The number of ether oxygens (including phenoxy) is 1. The van der Waals surface area contributed by atoms with E-state index in [4.69, 9.17) is 0 Å². The van der Waals surface area contributed by atoms with E-state index in [0.717, 1.165) is 11.0 Å². The zero-order chi connectivity index (χ0) is 21.2. The zero-order valence-electron chi connectivity index (χ0n) is 16.1. The molecule has 0 spiro atoms. The van der Waals surface area contributed by atoms with E-state index in [0.29, 0.717) is 18.5 Å². The Labute approximate surface area is 165 Å². The summed E-state index contributed by atoms with van der Waals surface area (Å²) in [7, 11) is 0. The fourth-order valence-corrected chi connectivity index (χ4v) is 3.19. The molecule has 0 aliphatic carbocycles. The van der Waals surface area contributed by atoms with Crippen LogP contribution in [0.3, 0.4) is 0 Å². The van der Waals surface area contributed by atoms with Crippen molar-refractivity contribution >= 4 is 28.7 Å². The molecule has 2 aromatic rings. The monoisotopic (exact) mass is 413 g/mol. The van der Waals surface area contributed by atoms with Gasteiger partial charge in [-0.2, -0.15) is 18.3 Å². The number of likely N-dealkylation sites (tertiary alicyclic amines) is 1. The second-order valence-electron chi connectivity index (χ2n) is 7.24. The van der Waals surface area contributed by atoms with Gasteiger partial charge in [-0.15, -0.1) is 0 Å². The molecule has 8 nitrogen and oxygen atoms in total. The Morgan fingerprint density at radius 1 is 1.28 bits per heavy atom. The van der Waals surface area contributed by atoms with Crippen LogP contribution in [0, 0.1) is 5.92 Å². The van der Waals surface area contributed by atoms with Gasteiger partial charge in [0.25, 0.3) is 0 Å².